The topological polar surface area (TPSA) is 70.7 Å². The van der Waals surface area contributed by atoms with Crippen molar-refractivity contribution in [2.75, 3.05) is 19.0 Å². The number of nitrogens with zero attached hydrogens (tertiary/aromatic N) is 2. The molecule has 0 bridgehead atoms. The van der Waals surface area contributed by atoms with E-state index in [9.17, 15) is 4.79 Å². The van der Waals surface area contributed by atoms with E-state index >= 15 is 0 Å². The van der Waals surface area contributed by atoms with Crippen LogP contribution in [0.5, 0.6) is 0 Å². The Morgan fingerprint density at radius 3 is 2.53 bits per heavy atom. The van der Waals surface area contributed by atoms with E-state index in [1.54, 1.807) is 6.21 Å². The number of benzene rings is 2. The molecule has 2 aromatic rings. The minimum Gasteiger partial charge on any atom is -0.377 e. The molecular formula is C14H16N4O. The Kier molecular flexibility index (Phi) is 3.66. The minimum absolute atomic E-state index is 0.675. The van der Waals surface area contributed by atoms with Crippen molar-refractivity contribution in [3.8, 4) is 0 Å². The summed E-state index contributed by atoms with van der Waals surface area (Å²) in [6.45, 7) is 0. The van der Waals surface area contributed by atoms with Crippen LogP contribution in [0.2, 0.25) is 0 Å². The normalized spacial score (nSPS) is 10.8. The SMILES string of the molecule is CN(C)c1ccc(C=NNC(N)=O)c2ccccc12. The van der Waals surface area contributed by atoms with Gasteiger partial charge in [-0.05, 0) is 11.5 Å². The van der Waals surface area contributed by atoms with Crippen molar-refractivity contribution in [2.45, 2.75) is 0 Å². The van der Waals surface area contributed by atoms with Crippen LogP contribution in [0.3, 0.4) is 0 Å². The lowest BCUT2D eigenvalue weighted by Gasteiger charge is -2.16. The lowest BCUT2D eigenvalue weighted by molar-refractivity contribution is 0.249. The molecule has 2 rings (SSSR count). The molecule has 0 saturated carbocycles. The number of anilines is 1. The van der Waals surface area contributed by atoms with Crippen LogP contribution < -0.4 is 16.1 Å². The number of carbonyl (C=O) groups excluding carboxylic acids is 1. The summed E-state index contributed by atoms with van der Waals surface area (Å²) in [5.74, 6) is 0. The standard InChI is InChI=1S/C14H16N4O/c1-18(2)13-8-7-10(9-16-17-14(15)19)11-5-3-4-6-12(11)13/h3-9H,1-2H3,(H3,15,17,19). The predicted octanol–water partition coefficient (Wildman–Crippen LogP) is 1.91. The predicted molar refractivity (Wildman–Crippen MR) is 78.6 cm³/mol. The number of hydrogen-bond acceptors (Lipinski definition) is 3. The van der Waals surface area contributed by atoms with Gasteiger partial charge in [0.25, 0.3) is 0 Å². The second-order valence-corrected chi connectivity index (χ2v) is 4.35. The van der Waals surface area contributed by atoms with Crippen molar-refractivity contribution in [1.82, 2.24) is 5.43 Å². The second kappa shape index (κ2) is 5.39. The smallest absolute Gasteiger partial charge is 0.332 e. The maximum Gasteiger partial charge on any atom is 0.332 e. The molecule has 0 aliphatic heterocycles. The summed E-state index contributed by atoms with van der Waals surface area (Å²) in [4.78, 5) is 12.6. The second-order valence-electron chi connectivity index (χ2n) is 4.35. The van der Waals surface area contributed by atoms with Gasteiger partial charge in [-0.15, -0.1) is 0 Å². The number of nitrogens with one attached hydrogen (secondary N) is 1. The van der Waals surface area contributed by atoms with Crippen LogP contribution in [-0.2, 0) is 0 Å². The molecule has 0 atom stereocenters. The number of carbonyl (C=O) groups is 1. The van der Waals surface area contributed by atoms with E-state index in [1.165, 1.54) is 0 Å². The van der Waals surface area contributed by atoms with E-state index in [0.29, 0.717) is 0 Å². The maximum absolute atomic E-state index is 10.6. The zero-order valence-corrected chi connectivity index (χ0v) is 10.9. The van der Waals surface area contributed by atoms with Crippen molar-refractivity contribution in [3.05, 3.63) is 42.0 Å². The number of nitrogens with two attached hydrogens (primary N) is 1. The first-order valence-electron chi connectivity index (χ1n) is 5.87. The third-order valence-electron chi connectivity index (χ3n) is 2.79. The van der Waals surface area contributed by atoms with Crippen molar-refractivity contribution in [3.63, 3.8) is 0 Å². The third-order valence-corrected chi connectivity index (χ3v) is 2.79. The summed E-state index contributed by atoms with van der Waals surface area (Å²) in [5.41, 5.74) is 9.22. The number of hydrazone groups is 1. The highest BCUT2D eigenvalue weighted by Gasteiger charge is 2.05. The van der Waals surface area contributed by atoms with E-state index in [4.69, 9.17) is 5.73 Å². The first-order chi connectivity index (χ1) is 9.09. The average Bonchev–Trinajstić information content (AvgIpc) is 2.38. The molecule has 0 unspecified atom stereocenters. The van der Waals surface area contributed by atoms with Crippen molar-refractivity contribution < 1.29 is 4.79 Å². The van der Waals surface area contributed by atoms with Gasteiger partial charge in [-0.1, -0.05) is 30.3 Å². The number of primary amides is 1. The van der Waals surface area contributed by atoms with Gasteiger partial charge in [0.05, 0.1) is 6.21 Å². The third kappa shape index (κ3) is 2.82. The Morgan fingerprint density at radius 1 is 1.21 bits per heavy atom. The molecule has 5 heteroatoms. The highest BCUT2D eigenvalue weighted by atomic mass is 16.2. The molecule has 2 amide bonds. The molecule has 0 radical (unpaired) electrons. The largest absolute Gasteiger partial charge is 0.377 e. The molecule has 19 heavy (non-hydrogen) atoms. The van der Waals surface area contributed by atoms with E-state index in [1.807, 2.05) is 44.4 Å². The lowest BCUT2D eigenvalue weighted by atomic mass is 10.0. The number of urea groups is 1. The molecule has 0 aliphatic carbocycles. The van der Waals surface area contributed by atoms with Gasteiger partial charge in [-0.25, -0.2) is 10.2 Å². The highest BCUT2D eigenvalue weighted by molar-refractivity contribution is 6.05. The van der Waals surface area contributed by atoms with Gasteiger partial charge >= 0.3 is 6.03 Å². The van der Waals surface area contributed by atoms with Crippen LogP contribution in [0.25, 0.3) is 10.8 Å². The van der Waals surface area contributed by atoms with Crippen LogP contribution in [0.4, 0.5) is 10.5 Å². The fourth-order valence-electron chi connectivity index (χ4n) is 1.97. The summed E-state index contributed by atoms with van der Waals surface area (Å²) in [7, 11) is 4.01. The summed E-state index contributed by atoms with van der Waals surface area (Å²) in [5, 5.41) is 6.01. The quantitative estimate of drug-likeness (QED) is 0.650. The lowest BCUT2D eigenvalue weighted by Crippen LogP contribution is -2.24. The zero-order valence-electron chi connectivity index (χ0n) is 10.9. The fraction of sp³-hybridized carbons (Fsp3) is 0.143. The first-order valence-corrected chi connectivity index (χ1v) is 5.87. The van der Waals surface area contributed by atoms with E-state index in [2.05, 4.69) is 21.5 Å². The van der Waals surface area contributed by atoms with Crippen molar-refractivity contribution in [1.29, 1.82) is 0 Å². The summed E-state index contributed by atoms with van der Waals surface area (Å²) in [6, 6.07) is 11.4. The average molecular weight is 256 g/mol. The van der Waals surface area contributed by atoms with Gasteiger partial charge in [0.15, 0.2) is 0 Å². The monoisotopic (exact) mass is 256 g/mol. The van der Waals surface area contributed by atoms with Crippen LogP contribution in [-0.4, -0.2) is 26.3 Å². The molecule has 0 spiro atoms. The number of fused-ring (bicyclic) bond motifs is 1. The molecule has 0 saturated heterocycles. The summed E-state index contributed by atoms with van der Waals surface area (Å²) in [6.07, 6.45) is 1.59. The van der Waals surface area contributed by atoms with Gasteiger partial charge in [0.1, 0.15) is 0 Å². The molecule has 0 heterocycles. The Bertz CT molecular complexity index is 634. The summed E-state index contributed by atoms with van der Waals surface area (Å²) >= 11 is 0. The van der Waals surface area contributed by atoms with Gasteiger partial charge in [-0.2, -0.15) is 5.10 Å². The van der Waals surface area contributed by atoms with Gasteiger partial charge < -0.3 is 10.6 Å². The van der Waals surface area contributed by atoms with Crippen molar-refractivity contribution >= 4 is 28.7 Å². The molecule has 2 aromatic carbocycles. The Balaban J connectivity index is 2.49. The van der Waals surface area contributed by atoms with Crippen LogP contribution in [0.15, 0.2) is 41.5 Å². The number of hydrogen-bond donors (Lipinski definition) is 2. The molecule has 3 N–H and O–H groups in total. The number of amides is 2. The molecule has 0 aromatic heterocycles. The molecule has 0 fully saturated rings. The fourth-order valence-corrected chi connectivity index (χ4v) is 1.97. The Hall–Kier alpha value is -2.56. The van der Waals surface area contributed by atoms with Crippen molar-refractivity contribution in [2.24, 2.45) is 10.8 Å². The van der Waals surface area contributed by atoms with E-state index in [-0.39, 0.29) is 0 Å². The van der Waals surface area contributed by atoms with E-state index < -0.39 is 6.03 Å². The van der Waals surface area contributed by atoms with Gasteiger partial charge in [0.2, 0.25) is 0 Å². The Labute approximate surface area is 111 Å². The van der Waals surface area contributed by atoms with Gasteiger partial charge in [0, 0.05) is 30.7 Å². The summed E-state index contributed by atoms with van der Waals surface area (Å²) < 4.78 is 0. The van der Waals surface area contributed by atoms with E-state index in [0.717, 1.165) is 22.0 Å². The number of rotatable bonds is 3. The molecular weight excluding hydrogens is 240 g/mol. The van der Waals surface area contributed by atoms with Crippen LogP contribution >= 0.6 is 0 Å². The first kappa shape index (κ1) is 12.9. The molecule has 0 aliphatic rings. The van der Waals surface area contributed by atoms with Gasteiger partial charge in [-0.3, -0.25) is 0 Å². The Morgan fingerprint density at radius 2 is 1.89 bits per heavy atom. The molecule has 5 nitrogen and oxygen atoms in total. The zero-order chi connectivity index (χ0) is 13.8. The minimum atomic E-state index is -0.675. The van der Waals surface area contributed by atoms with Crippen LogP contribution in [0.1, 0.15) is 5.56 Å². The maximum atomic E-state index is 10.6. The van der Waals surface area contributed by atoms with Crippen LogP contribution in [0, 0.1) is 0 Å². The molecule has 98 valence electrons. The highest BCUT2D eigenvalue weighted by Crippen LogP contribution is 2.27.